The SMILES string of the molecule is Cl.Cl.Nc1nc2c(s1)CCN(Cc1ccc(F)cc1)CC2. The quantitative estimate of drug-likeness (QED) is 0.904. The third kappa shape index (κ3) is 4.54. The Morgan fingerprint density at radius 2 is 1.81 bits per heavy atom. The predicted molar refractivity (Wildman–Crippen MR) is 90.1 cm³/mol. The summed E-state index contributed by atoms with van der Waals surface area (Å²) in [6.07, 6.45) is 1.95. The van der Waals surface area contributed by atoms with Crippen molar-refractivity contribution in [3.63, 3.8) is 0 Å². The lowest BCUT2D eigenvalue weighted by molar-refractivity contribution is 0.279. The number of anilines is 1. The summed E-state index contributed by atoms with van der Waals surface area (Å²) in [6, 6.07) is 6.75. The van der Waals surface area contributed by atoms with E-state index in [1.54, 1.807) is 11.3 Å². The van der Waals surface area contributed by atoms with Crippen molar-refractivity contribution in [3.8, 4) is 0 Å². The predicted octanol–water partition coefficient (Wildman–Crippen LogP) is 3.31. The summed E-state index contributed by atoms with van der Waals surface area (Å²) in [5.74, 6) is -0.179. The number of hydrogen-bond donors (Lipinski definition) is 1. The molecule has 0 atom stereocenters. The van der Waals surface area contributed by atoms with Gasteiger partial charge < -0.3 is 5.73 Å². The zero-order valence-corrected chi connectivity index (χ0v) is 13.9. The van der Waals surface area contributed by atoms with Gasteiger partial charge >= 0.3 is 0 Å². The van der Waals surface area contributed by atoms with E-state index in [-0.39, 0.29) is 30.6 Å². The fraction of sp³-hybridized carbons (Fsp3) is 0.357. The van der Waals surface area contributed by atoms with Crippen molar-refractivity contribution >= 4 is 41.3 Å². The van der Waals surface area contributed by atoms with Gasteiger partial charge in [-0.05, 0) is 24.1 Å². The fourth-order valence-electron chi connectivity index (χ4n) is 2.44. The number of rotatable bonds is 2. The summed E-state index contributed by atoms with van der Waals surface area (Å²) in [5, 5.41) is 0.678. The Morgan fingerprint density at radius 3 is 2.52 bits per heavy atom. The minimum atomic E-state index is -0.179. The first-order valence-electron chi connectivity index (χ1n) is 6.41. The molecule has 0 spiro atoms. The lowest BCUT2D eigenvalue weighted by Crippen LogP contribution is -2.26. The van der Waals surface area contributed by atoms with E-state index in [4.69, 9.17) is 5.73 Å². The molecular weight excluding hydrogens is 332 g/mol. The summed E-state index contributed by atoms with van der Waals surface area (Å²) >= 11 is 1.60. The molecule has 0 bridgehead atoms. The Labute approximate surface area is 140 Å². The van der Waals surface area contributed by atoms with E-state index in [2.05, 4.69) is 9.88 Å². The van der Waals surface area contributed by atoms with Gasteiger partial charge in [0, 0.05) is 30.9 Å². The van der Waals surface area contributed by atoms with Crippen LogP contribution in [-0.4, -0.2) is 23.0 Å². The van der Waals surface area contributed by atoms with E-state index in [1.165, 1.54) is 17.0 Å². The summed E-state index contributed by atoms with van der Waals surface area (Å²) in [4.78, 5) is 8.09. The van der Waals surface area contributed by atoms with Crippen LogP contribution in [0.1, 0.15) is 16.1 Å². The maximum atomic E-state index is 12.9. The summed E-state index contributed by atoms with van der Waals surface area (Å²) in [7, 11) is 0. The normalized spacial score (nSPS) is 14.5. The maximum absolute atomic E-state index is 12.9. The van der Waals surface area contributed by atoms with Crippen molar-refractivity contribution in [1.82, 2.24) is 9.88 Å². The number of nitrogens with two attached hydrogens (primary N) is 1. The molecule has 0 saturated heterocycles. The van der Waals surface area contributed by atoms with Crippen LogP contribution in [0.5, 0.6) is 0 Å². The molecule has 1 aromatic carbocycles. The monoisotopic (exact) mass is 349 g/mol. The highest BCUT2D eigenvalue weighted by molar-refractivity contribution is 7.15. The van der Waals surface area contributed by atoms with Crippen LogP contribution in [0.2, 0.25) is 0 Å². The van der Waals surface area contributed by atoms with E-state index in [1.807, 2.05) is 12.1 Å². The smallest absolute Gasteiger partial charge is 0.180 e. The summed E-state index contributed by atoms with van der Waals surface area (Å²) in [6.45, 7) is 2.85. The van der Waals surface area contributed by atoms with Gasteiger partial charge in [0.2, 0.25) is 0 Å². The molecule has 2 N–H and O–H groups in total. The van der Waals surface area contributed by atoms with Crippen LogP contribution in [-0.2, 0) is 19.4 Å². The van der Waals surface area contributed by atoms with Crippen LogP contribution in [0.4, 0.5) is 9.52 Å². The van der Waals surface area contributed by atoms with Crippen molar-refractivity contribution in [1.29, 1.82) is 0 Å². The van der Waals surface area contributed by atoms with Gasteiger partial charge in [0.05, 0.1) is 5.69 Å². The molecule has 0 radical (unpaired) electrons. The van der Waals surface area contributed by atoms with Crippen LogP contribution >= 0.6 is 36.2 Å². The summed E-state index contributed by atoms with van der Waals surface area (Å²) < 4.78 is 12.9. The lowest BCUT2D eigenvalue weighted by Gasteiger charge is -2.19. The van der Waals surface area contributed by atoms with Crippen LogP contribution in [0.15, 0.2) is 24.3 Å². The van der Waals surface area contributed by atoms with Gasteiger partial charge in [0.15, 0.2) is 5.13 Å². The minimum absolute atomic E-state index is 0. The third-order valence-corrected chi connectivity index (χ3v) is 4.42. The van der Waals surface area contributed by atoms with E-state index in [0.29, 0.717) is 5.13 Å². The fourth-order valence-corrected chi connectivity index (χ4v) is 3.30. The number of fused-ring (bicyclic) bond motifs is 1. The summed E-state index contributed by atoms with van der Waals surface area (Å²) in [5.41, 5.74) is 8.05. The zero-order chi connectivity index (χ0) is 13.2. The molecule has 0 fully saturated rings. The Balaban J connectivity index is 0.00000110. The topological polar surface area (TPSA) is 42.1 Å². The Kier molecular flexibility index (Phi) is 6.87. The van der Waals surface area contributed by atoms with Crippen LogP contribution < -0.4 is 5.73 Å². The number of aromatic nitrogens is 1. The largest absolute Gasteiger partial charge is 0.375 e. The molecule has 2 heterocycles. The first-order chi connectivity index (χ1) is 9.20. The number of nitrogens with zero attached hydrogens (tertiary/aromatic N) is 2. The molecule has 0 saturated carbocycles. The molecule has 1 aromatic heterocycles. The molecular formula is C14H18Cl2FN3S. The van der Waals surface area contributed by atoms with E-state index < -0.39 is 0 Å². The molecule has 3 nitrogen and oxygen atoms in total. The number of thiazole rings is 1. The first-order valence-corrected chi connectivity index (χ1v) is 7.23. The van der Waals surface area contributed by atoms with Crippen molar-refractivity contribution < 1.29 is 4.39 Å². The van der Waals surface area contributed by atoms with Gasteiger partial charge in [0.1, 0.15) is 5.82 Å². The highest BCUT2D eigenvalue weighted by Crippen LogP contribution is 2.24. The number of halogens is 3. The average molecular weight is 350 g/mol. The molecule has 2 aromatic rings. The van der Waals surface area contributed by atoms with E-state index in [0.717, 1.165) is 43.7 Å². The van der Waals surface area contributed by atoms with Crippen LogP contribution in [0.3, 0.4) is 0 Å². The van der Waals surface area contributed by atoms with Crippen molar-refractivity contribution in [2.24, 2.45) is 0 Å². The van der Waals surface area contributed by atoms with Gasteiger partial charge in [-0.25, -0.2) is 9.37 Å². The van der Waals surface area contributed by atoms with Crippen LogP contribution in [0, 0.1) is 5.82 Å². The number of benzene rings is 1. The van der Waals surface area contributed by atoms with Crippen molar-refractivity contribution in [3.05, 3.63) is 46.2 Å². The third-order valence-electron chi connectivity index (χ3n) is 3.43. The molecule has 3 rings (SSSR count). The van der Waals surface area contributed by atoms with Gasteiger partial charge in [-0.2, -0.15) is 0 Å². The average Bonchev–Trinajstić information content (AvgIpc) is 2.66. The minimum Gasteiger partial charge on any atom is -0.375 e. The van der Waals surface area contributed by atoms with Crippen molar-refractivity contribution in [2.75, 3.05) is 18.8 Å². The number of nitrogen functional groups attached to an aromatic ring is 1. The molecule has 0 unspecified atom stereocenters. The van der Waals surface area contributed by atoms with Gasteiger partial charge in [-0.15, -0.1) is 36.2 Å². The lowest BCUT2D eigenvalue weighted by atomic mass is 10.2. The van der Waals surface area contributed by atoms with Crippen molar-refractivity contribution in [2.45, 2.75) is 19.4 Å². The van der Waals surface area contributed by atoms with Gasteiger partial charge in [-0.1, -0.05) is 12.1 Å². The Morgan fingerprint density at radius 1 is 1.14 bits per heavy atom. The first kappa shape index (κ1) is 18.2. The van der Waals surface area contributed by atoms with Gasteiger partial charge in [0.25, 0.3) is 0 Å². The second-order valence-corrected chi connectivity index (χ2v) is 5.94. The molecule has 0 amide bonds. The van der Waals surface area contributed by atoms with E-state index in [9.17, 15) is 4.39 Å². The second-order valence-electron chi connectivity index (χ2n) is 4.82. The van der Waals surface area contributed by atoms with E-state index >= 15 is 0 Å². The van der Waals surface area contributed by atoms with Gasteiger partial charge in [-0.3, -0.25) is 4.90 Å². The number of hydrogen-bond acceptors (Lipinski definition) is 4. The molecule has 21 heavy (non-hydrogen) atoms. The molecule has 0 aliphatic carbocycles. The zero-order valence-electron chi connectivity index (χ0n) is 11.4. The standard InChI is InChI=1S/C14H16FN3S.2ClH/c15-11-3-1-10(2-4-11)9-18-7-5-12-13(6-8-18)19-14(16)17-12;;/h1-4H,5-9H2,(H2,16,17);2*1H. The molecule has 7 heteroatoms. The molecule has 116 valence electrons. The Bertz CT molecular complexity index is 549. The van der Waals surface area contributed by atoms with Crippen LogP contribution in [0.25, 0.3) is 0 Å². The second kappa shape index (κ2) is 7.94. The highest BCUT2D eigenvalue weighted by atomic mass is 35.5. The molecule has 1 aliphatic heterocycles. The Hall–Kier alpha value is -0.880. The maximum Gasteiger partial charge on any atom is 0.180 e. The molecule has 1 aliphatic rings. The highest BCUT2D eigenvalue weighted by Gasteiger charge is 2.17.